The molecule has 0 aliphatic heterocycles. The Bertz CT molecular complexity index is 638. The topological polar surface area (TPSA) is 41.1 Å². The lowest BCUT2D eigenvalue weighted by Gasteiger charge is -2.16. The standard InChI is InChI=1S/C16H16Cl2N2O/c1-10-4-3-5-14(6-10)19-11(2)16(21)20-15-8-12(17)7-13(18)9-15/h3-9,11,19H,1-2H3,(H,20,21)/t11-/m1/s1. The largest absolute Gasteiger partial charge is 0.374 e. The maximum absolute atomic E-state index is 12.2. The Labute approximate surface area is 134 Å². The fourth-order valence-corrected chi connectivity index (χ4v) is 2.45. The third-order valence-corrected chi connectivity index (χ3v) is 3.36. The first kappa shape index (κ1) is 15.7. The maximum Gasteiger partial charge on any atom is 0.246 e. The highest BCUT2D eigenvalue weighted by Crippen LogP contribution is 2.22. The predicted octanol–water partition coefficient (Wildman–Crippen LogP) is 4.74. The van der Waals surface area contributed by atoms with Crippen LogP contribution in [0.2, 0.25) is 10.0 Å². The molecule has 0 heterocycles. The van der Waals surface area contributed by atoms with Gasteiger partial charge in [0.25, 0.3) is 0 Å². The summed E-state index contributed by atoms with van der Waals surface area (Å²) in [5.74, 6) is -0.158. The van der Waals surface area contributed by atoms with Crippen LogP contribution >= 0.6 is 23.2 Å². The van der Waals surface area contributed by atoms with Crippen molar-refractivity contribution < 1.29 is 4.79 Å². The first-order chi connectivity index (χ1) is 9.94. The van der Waals surface area contributed by atoms with Crippen molar-refractivity contribution in [1.82, 2.24) is 0 Å². The van der Waals surface area contributed by atoms with Crippen LogP contribution in [0.1, 0.15) is 12.5 Å². The second-order valence-electron chi connectivity index (χ2n) is 4.88. The number of amides is 1. The summed E-state index contributed by atoms with van der Waals surface area (Å²) in [6.07, 6.45) is 0. The van der Waals surface area contributed by atoms with Crippen molar-refractivity contribution >= 4 is 40.5 Å². The van der Waals surface area contributed by atoms with Gasteiger partial charge in [0.1, 0.15) is 6.04 Å². The molecule has 0 aliphatic carbocycles. The van der Waals surface area contributed by atoms with Crippen molar-refractivity contribution in [3.05, 3.63) is 58.1 Å². The lowest BCUT2D eigenvalue weighted by molar-refractivity contribution is -0.116. The molecule has 0 saturated heterocycles. The Hall–Kier alpha value is -1.71. The van der Waals surface area contributed by atoms with Gasteiger partial charge in [0.15, 0.2) is 0 Å². The summed E-state index contributed by atoms with van der Waals surface area (Å²) in [5.41, 5.74) is 2.62. The molecule has 2 rings (SSSR count). The number of hydrogen-bond acceptors (Lipinski definition) is 2. The van der Waals surface area contributed by atoms with Gasteiger partial charge in [-0.15, -0.1) is 0 Å². The number of halogens is 2. The summed E-state index contributed by atoms with van der Waals surface area (Å²) < 4.78 is 0. The molecule has 2 aromatic carbocycles. The van der Waals surface area contributed by atoms with E-state index in [0.29, 0.717) is 15.7 Å². The van der Waals surface area contributed by atoms with E-state index in [1.807, 2.05) is 31.2 Å². The fraction of sp³-hybridized carbons (Fsp3) is 0.188. The molecule has 21 heavy (non-hydrogen) atoms. The Morgan fingerprint density at radius 1 is 1.05 bits per heavy atom. The van der Waals surface area contributed by atoms with Crippen LogP contribution in [-0.4, -0.2) is 11.9 Å². The van der Waals surface area contributed by atoms with Gasteiger partial charge >= 0.3 is 0 Å². The van der Waals surface area contributed by atoms with Gasteiger partial charge in [0.2, 0.25) is 5.91 Å². The number of anilines is 2. The van der Waals surface area contributed by atoms with Crippen LogP contribution in [0.3, 0.4) is 0 Å². The number of nitrogens with one attached hydrogen (secondary N) is 2. The van der Waals surface area contributed by atoms with E-state index in [4.69, 9.17) is 23.2 Å². The normalized spacial score (nSPS) is 11.8. The van der Waals surface area contributed by atoms with Crippen LogP contribution in [0.15, 0.2) is 42.5 Å². The summed E-state index contributed by atoms with van der Waals surface area (Å²) in [4.78, 5) is 12.2. The van der Waals surface area contributed by atoms with Gasteiger partial charge in [-0.05, 0) is 49.7 Å². The zero-order valence-corrected chi connectivity index (χ0v) is 13.3. The minimum atomic E-state index is -0.385. The Balaban J connectivity index is 2.02. The first-order valence-electron chi connectivity index (χ1n) is 6.54. The number of benzene rings is 2. The van der Waals surface area contributed by atoms with Crippen LogP contribution in [0.4, 0.5) is 11.4 Å². The number of hydrogen-bond donors (Lipinski definition) is 2. The number of carbonyl (C=O) groups excluding carboxylic acids is 1. The molecule has 0 aromatic heterocycles. The van der Waals surface area contributed by atoms with E-state index in [-0.39, 0.29) is 11.9 Å². The van der Waals surface area contributed by atoms with Gasteiger partial charge in [-0.3, -0.25) is 4.79 Å². The maximum atomic E-state index is 12.2. The molecule has 0 aliphatic rings. The van der Waals surface area contributed by atoms with Gasteiger partial charge in [0.05, 0.1) is 0 Å². The Kier molecular flexibility index (Phi) is 5.10. The molecular formula is C16H16Cl2N2O. The van der Waals surface area contributed by atoms with Crippen molar-refractivity contribution in [2.24, 2.45) is 0 Å². The van der Waals surface area contributed by atoms with E-state index < -0.39 is 0 Å². The molecule has 0 saturated carbocycles. The van der Waals surface area contributed by atoms with E-state index in [9.17, 15) is 4.79 Å². The van der Waals surface area contributed by atoms with Crippen molar-refractivity contribution in [3.8, 4) is 0 Å². The SMILES string of the molecule is Cc1cccc(N[C@H](C)C(=O)Nc2cc(Cl)cc(Cl)c2)c1. The highest BCUT2D eigenvalue weighted by atomic mass is 35.5. The van der Waals surface area contributed by atoms with Crippen LogP contribution in [0.25, 0.3) is 0 Å². The molecular weight excluding hydrogens is 307 g/mol. The fourth-order valence-electron chi connectivity index (χ4n) is 1.93. The number of aryl methyl sites for hydroxylation is 1. The van der Waals surface area contributed by atoms with Crippen LogP contribution < -0.4 is 10.6 Å². The van der Waals surface area contributed by atoms with Gasteiger partial charge in [-0.2, -0.15) is 0 Å². The zero-order chi connectivity index (χ0) is 15.4. The quantitative estimate of drug-likeness (QED) is 0.853. The average molecular weight is 323 g/mol. The predicted molar refractivity (Wildman–Crippen MR) is 89.4 cm³/mol. The number of carbonyl (C=O) groups is 1. The van der Waals surface area contributed by atoms with Crippen LogP contribution in [0, 0.1) is 6.92 Å². The molecule has 0 fully saturated rings. The molecule has 2 aromatic rings. The van der Waals surface area contributed by atoms with Crippen molar-refractivity contribution in [2.75, 3.05) is 10.6 Å². The van der Waals surface area contributed by atoms with E-state index in [0.717, 1.165) is 11.3 Å². The highest BCUT2D eigenvalue weighted by molar-refractivity contribution is 6.35. The molecule has 110 valence electrons. The van der Waals surface area contributed by atoms with E-state index in [1.54, 1.807) is 25.1 Å². The van der Waals surface area contributed by atoms with Gasteiger partial charge < -0.3 is 10.6 Å². The van der Waals surface area contributed by atoms with Crippen molar-refractivity contribution in [3.63, 3.8) is 0 Å². The molecule has 0 spiro atoms. The third-order valence-electron chi connectivity index (χ3n) is 2.92. The van der Waals surface area contributed by atoms with Crippen molar-refractivity contribution in [2.45, 2.75) is 19.9 Å². The molecule has 2 N–H and O–H groups in total. The third kappa shape index (κ3) is 4.66. The number of rotatable bonds is 4. The summed E-state index contributed by atoms with van der Waals surface area (Å²) in [6, 6.07) is 12.4. The second-order valence-corrected chi connectivity index (χ2v) is 5.76. The minimum Gasteiger partial charge on any atom is -0.374 e. The molecule has 3 nitrogen and oxygen atoms in total. The van der Waals surface area contributed by atoms with Crippen LogP contribution in [0.5, 0.6) is 0 Å². The Morgan fingerprint density at radius 3 is 2.33 bits per heavy atom. The molecule has 5 heteroatoms. The molecule has 0 bridgehead atoms. The summed E-state index contributed by atoms with van der Waals surface area (Å²) in [7, 11) is 0. The Morgan fingerprint density at radius 2 is 1.71 bits per heavy atom. The first-order valence-corrected chi connectivity index (χ1v) is 7.30. The molecule has 1 atom stereocenters. The molecule has 0 radical (unpaired) electrons. The lowest BCUT2D eigenvalue weighted by Crippen LogP contribution is -2.31. The second kappa shape index (κ2) is 6.83. The lowest BCUT2D eigenvalue weighted by atomic mass is 10.2. The summed E-state index contributed by atoms with van der Waals surface area (Å²) in [6.45, 7) is 3.80. The van der Waals surface area contributed by atoms with E-state index in [1.165, 1.54) is 0 Å². The van der Waals surface area contributed by atoms with Crippen LogP contribution in [-0.2, 0) is 4.79 Å². The highest BCUT2D eigenvalue weighted by Gasteiger charge is 2.13. The smallest absolute Gasteiger partial charge is 0.246 e. The zero-order valence-electron chi connectivity index (χ0n) is 11.8. The minimum absolute atomic E-state index is 0.158. The van der Waals surface area contributed by atoms with E-state index in [2.05, 4.69) is 10.6 Å². The molecule has 1 amide bonds. The monoisotopic (exact) mass is 322 g/mol. The average Bonchev–Trinajstić information content (AvgIpc) is 2.37. The van der Waals surface area contributed by atoms with Gasteiger partial charge in [-0.25, -0.2) is 0 Å². The summed E-state index contributed by atoms with van der Waals surface area (Å²) >= 11 is 11.8. The van der Waals surface area contributed by atoms with Gasteiger partial charge in [-0.1, -0.05) is 35.3 Å². The van der Waals surface area contributed by atoms with Crippen molar-refractivity contribution in [1.29, 1.82) is 0 Å². The van der Waals surface area contributed by atoms with E-state index >= 15 is 0 Å². The molecule has 0 unspecified atom stereocenters. The summed E-state index contributed by atoms with van der Waals surface area (Å²) in [5, 5.41) is 6.91. The van der Waals surface area contributed by atoms with Gasteiger partial charge in [0, 0.05) is 21.4 Å².